The second-order valence-corrected chi connectivity index (χ2v) is 7.42. The molecule has 0 spiro atoms. The van der Waals surface area contributed by atoms with E-state index in [0.717, 1.165) is 53.6 Å². The average Bonchev–Trinajstić information content (AvgIpc) is 2.73. The highest BCUT2D eigenvalue weighted by molar-refractivity contribution is 6.06. The highest BCUT2D eigenvalue weighted by atomic mass is 16.7. The van der Waals surface area contributed by atoms with Gasteiger partial charge in [0, 0.05) is 10.8 Å². The third-order valence-electron chi connectivity index (χ3n) is 5.45. The Bertz CT molecular complexity index is 945. The minimum Gasteiger partial charge on any atom is -0.434 e. The fourth-order valence-corrected chi connectivity index (χ4v) is 3.59. The maximum atomic E-state index is 12.5. The summed E-state index contributed by atoms with van der Waals surface area (Å²) in [5, 5.41) is 4.00. The van der Waals surface area contributed by atoms with Gasteiger partial charge in [0.15, 0.2) is 0 Å². The smallest absolute Gasteiger partial charge is 0.434 e. The Morgan fingerprint density at radius 3 is 2.50 bits per heavy atom. The van der Waals surface area contributed by atoms with Crippen LogP contribution in [0.2, 0.25) is 0 Å². The van der Waals surface area contributed by atoms with Crippen molar-refractivity contribution < 1.29 is 14.3 Å². The Hall–Kier alpha value is -2.55. The number of carbonyl (C=O) groups is 1. The monoisotopic (exact) mass is 378 g/mol. The van der Waals surface area contributed by atoms with E-state index in [2.05, 4.69) is 45.0 Å². The van der Waals surface area contributed by atoms with Crippen LogP contribution in [-0.2, 0) is 11.2 Å². The molecule has 0 amide bonds. The van der Waals surface area contributed by atoms with Crippen LogP contribution < -0.4 is 4.74 Å². The second kappa shape index (κ2) is 9.59. The fraction of sp³-hybridized carbons (Fsp3) is 0.400. The van der Waals surface area contributed by atoms with E-state index >= 15 is 0 Å². The molecule has 0 aliphatic rings. The first kappa shape index (κ1) is 20.2. The van der Waals surface area contributed by atoms with E-state index in [1.54, 1.807) is 0 Å². The number of rotatable bonds is 8. The molecule has 3 rings (SSSR count). The highest BCUT2D eigenvalue weighted by Crippen LogP contribution is 2.36. The quantitative estimate of drug-likeness (QED) is 0.234. The Labute approximate surface area is 167 Å². The molecule has 1 unspecified atom stereocenters. The van der Waals surface area contributed by atoms with E-state index in [9.17, 15) is 4.79 Å². The van der Waals surface area contributed by atoms with Gasteiger partial charge >= 0.3 is 6.16 Å². The number of aryl methyl sites for hydroxylation is 1. The van der Waals surface area contributed by atoms with Crippen molar-refractivity contribution in [1.82, 2.24) is 0 Å². The molecule has 0 bridgehead atoms. The lowest BCUT2D eigenvalue weighted by atomic mass is 9.99. The SMILES string of the molecule is CCCCC(CC)COC(=O)Oc1c2ccccc2cc2ccc(CC)cc12. The van der Waals surface area contributed by atoms with Crippen molar-refractivity contribution in [2.24, 2.45) is 5.92 Å². The van der Waals surface area contributed by atoms with Gasteiger partial charge < -0.3 is 9.47 Å². The van der Waals surface area contributed by atoms with Gasteiger partial charge in [-0.1, -0.05) is 76.4 Å². The van der Waals surface area contributed by atoms with Gasteiger partial charge in [0.1, 0.15) is 5.75 Å². The minimum absolute atomic E-state index is 0.392. The van der Waals surface area contributed by atoms with Crippen molar-refractivity contribution >= 4 is 27.7 Å². The summed E-state index contributed by atoms with van der Waals surface area (Å²) >= 11 is 0. The zero-order valence-corrected chi connectivity index (χ0v) is 17.2. The van der Waals surface area contributed by atoms with Gasteiger partial charge in [0.25, 0.3) is 0 Å². The third kappa shape index (κ3) is 4.64. The normalized spacial score (nSPS) is 12.2. The summed E-state index contributed by atoms with van der Waals surface area (Å²) in [5.74, 6) is 0.985. The highest BCUT2D eigenvalue weighted by Gasteiger charge is 2.16. The number of unbranched alkanes of at least 4 members (excludes halogenated alkanes) is 1. The lowest BCUT2D eigenvalue weighted by Gasteiger charge is -2.16. The van der Waals surface area contributed by atoms with E-state index in [1.165, 1.54) is 5.56 Å². The van der Waals surface area contributed by atoms with Crippen LogP contribution in [0.25, 0.3) is 21.5 Å². The summed E-state index contributed by atoms with van der Waals surface area (Å²) < 4.78 is 11.3. The van der Waals surface area contributed by atoms with E-state index < -0.39 is 6.16 Å². The zero-order chi connectivity index (χ0) is 19.9. The Kier molecular flexibility index (Phi) is 6.91. The molecule has 28 heavy (non-hydrogen) atoms. The number of ether oxygens (including phenoxy) is 2. The van der Waals surface area contributed by atoms with Crippen LogP contribution in [0.5, 0.6) is 5.75 Å². The van der Waals surface area contributed by atoms with Gasteiger partial charge in [0.05, 0.1) is 6.61 Å². The first-order valence-electron chi connectivity index (χ1n) is 10.4. The predicted molar refractivity (Wildman–Crippen MR) is 116 cm³/mol. The number of hydrogen-bond donors (Lipinski definition) is 0. The molecule has 3 aromatic carbocycles. The Morgan fingerprint density at radius 1 is 0.964 bits per heavy atom. The molecule has 148 valence electrons. The molecule has 0 radical (unpaired) electrons. The molecule has 0 saturated heterocycles. The van der Waals surface area contributed by atoms with Crippen LogP contribution in [0.15, 0.2) is 48.5 Å². The Morgan fingerprint density at radius 2 is 1.75 bits per heavy atom. The standard InChI is InChI=1S/C25H30O3/c1-4-7-10-19(6-3)17-27-25(26)28-24-22-12-9-8-11-20(22)16-21-14-13-18(5-2)15-23(21)24/h8-9,11-16,19H,4-7,10,17H2,1-3H3. The molecular weight excluding hydrogens is 348 g/mol. The second-order valence-electron chi connectivity index (χ2n) is 7.42. The lowest BCUT2D eigenvalue weighted by molar-refractivity contribution is 0.0820. The Balaban J connectivity index is 1.88. The summed E-state index contributed by atoms with van der Waals surface area (Å²) in [5.41, 5.74) is 1.21. The van der Waals surface area contributed by atoms with Crippen molar-refractivity contribution in [2.45, 2.75) is 52.9 Å². The number of fused-ring (bicyclic) bond motifs is 2. The number of carbonyl (C=O) groups excluding carboxylic acids is 1. The van der Waals surface area contributed by atoms with Gasteiger partial charge in [-0.15, -0.1) is 0 Å². The summed E-state index contributed by atoms with van der Waals surface area (Å²) in [6.07, 6.45) is 4.71. The first-order valence-corrected chi connectivity index (χ1v) is 10.4. The number of benzene rings is 3. The molecule has 3 nitrogen and oxygen atoms in total. The molecule has 0 heterocycles. The molecule has 0 fully saturated rings. The molecule has 0 aliphatic carbocycles. The average molecular weight is 379 g/mol. The molecule has 3 heteroatoms. The summed E-state index contributed by atoms with van der Waals surface area (Å²) in [6.45, 7) is 6.86. The van der Waals surface area contributed by atoms with Crippen molar-refractivity contribution in [2.75, 3.05) is 6.61 Å². The zero-order valence-electron chi connectivity index (χ0n) is 17.2. The van der Waals surface area contributed by atoms with Crippen LogP contribution in [0.4, 0.5) is 4.79 Å². The summed E-state index contributed by atoms with van der Waals surface area (Å²) in [4.78, 5) is 12.5. The van der Waals surface area contributed by atoms with Crippen LogP contribution >= 0.6 is 0 Å². The van der Waals surface area contributed by atoms with Crippen molar-refractivity contribution in [3.63, 3.8) is 0 Å². The van der Waals surface area contributed by atoms with Crippen LogP contribution in [-0.4, -0.2) is 12.8 Å². The van der Waals surface area contributed by atoms with E-state index in [0.29, 0.717) is 18.3 Å². The molecule has 0 aromatic heterocycles. The molecule has 0 aliphatic heterocycles. The maximum Gasteiger partial charge on any atom is 0.513 e. The van der Waals surface area contributed by atoms with Crippen LogP contribution in [0, 0.1) is 5.92 Å². The van der Waals surface area contributed by atoms with Gasteiger partial charge in [0.2, 0.25) is 0 Å². The minimum atomic E-state index is -0.616. The summed E-state index contributed by atoms with van der Waals surface area (Å²) in [7, 11) is 0. The summed E-state index contributed by atoms with van der Waals surface area (Å²) in [6, 6.07) is 16.5. The van der Waals surface area contributed by atoms with Crippen LogP contribution in [0.3, 0.4) is 0 Å². The molecule has 1 atom stereocenters. The predicted octanol–water partition coefficient (Wildman–Crippen LogP) is 7.29. The van der Waals surface area contributed by atoms with Crippen molar-refractivity contribution in [3.8, 4) is 5.75 Å². The topological polar surface area (TPSA) is 35.5 Å². The third-order valence-corrected chi connectivity index (χ3v) is 5.45. The van der Waals surface area contributed by atoms with Crippen molar-refractivity contribution in [1.29, 1.82) is 0 Å². The van der Waals surface area contributed by atoms with Gasteiger partial charge in [-0.2, -0.15) is 0 Å². The number of hydrogen-bond acceptors (Lipinski definition) is 3. The molecule has 0 saturated carbocycles. The van der Waals surface area contributed by atoms with Gasteiger partial charge in [-0.05, 0) is 47.2 Å². The first-order chi connectivity index (χ1) is 13.7. The fourth-order valence-electron chi connectivity index (χ4n) is 3.59. The van der Waals surface area contributed by atoms with E-state index in [1.807, 2.05) is 24.3 Å². The largest absolute Gasteiger partial charge is 0.513 e. The van der Waals surface area contributed by atoms with Crippen molar-refractivity contribution in [3.05, 3.63) is 54.1 Å². The van der Waals surface area contributed by atoms with E-state index in [4.69, 9.17) is 9.47 Å². The molecular formula is C25H30O3. The van der Waals surface area contributed by atoms with Gasteiger partial charge in [-0.3, -0.25) is 0 Å². The molecule has 0 N–H and O–H groups in total. The van der Waals surface area contributed by atoms with Crippen LogP contribution in [0.1, 0.15) is 52.0 Å². The van der Waals surface area contributed by atoms with Gasteiger partial charge in [-0.25, -0.2) is 4.79 Å². The van der Waals surface area contributed by atoms with E-state index in [-0.39, 0.29) is 0 Å². The maximum absolute atomic E-state index is 12.5. The lowest BCUT2D eigenvalue weighted by Crippen LogP contribution is -2.17. The molecule has 3 aromatic rings.